The Morgan fingerprint density at radius 3 is 2.73 bits per heavy atom. The summed E-state index contributed by atoms with van der Waals surface area (Å²) in [5, 5.41) is 3.83. The van der Waals surface area contributed by atoms with Crippen molar-refractivity contribution in [3.8, 4) is 0 Å². The summed E-state index contributed by atoms with van der Waals surface area (Å²) in [5.74, 6) is 0.872. The highest BCUT2D eigenvalue weighted by Crippen LogP contribution is 2.34. The number of morpholine rings is 1. The van der Waals surface area contributed by atoms with E-state index in [1.165, 1.54) is 11.1 Å². The number of nitrogens with zero attached hydrogens (tertiary/aromatic N) is 2. The van der Waals surface area contributed by atoms with Gasteiger partial charge < -0.3 is 19.7 Å². The molecule has 1 amide bonds. The van der Waals surface area contributed by atoms with Gasteiger partial charge in [0.25, 0.3) is 5.91 Å². The number of ether oxygens (including phenoxy) is 2. The van der Waals surface area contributed by atoms with Crippen molar-refractivity contribution in [3.63, 3.8) is 0 Å². The molecule has 0 radical (unpaired) electrons. The lowest BCUT2D eigenvalue weighted by Crippen LogP contribution is -2.40. The minimum Gasteiger partial charge on any atom is -0.378 e. The van der Waals surface area contributed by atoms with Crippen LogP contribution >= 0.6 is 11.6 Å². The topological polar surface area (TPSA) is 63.7 Å². The number of benzene rings is 1. The number of anilines is 1. The number of halogens is 1. The first-order chi connectivity index (χ1) is 14.6. The van der Waals surface area contributed by atoms with Crippen LogP contribution in [0.15, 0.2) is 36.5 Å². The Morgan fingerprint density at radius 2 is 2.00 bits per heavy atom. The predicted molar refractivity (Wildman–Crippen MR) is 117 cm³/mol. The van der Waals surface area contributed by atoms with Crippen molar-refractivity contribution < 1.29 is 14.3 Å². The van der Waals surface area contributed by atoms with Crippen LogP contribution in [0.2, 0.25) is 5.02 Å². The molecule has 30 heavy (non-hydrogen) atoms. The molecule has 1 N–H and O–H groups in total. The average Bonchev–Trinajstić information content (AvgIpc) is 2.79. The molecule has 1 aromatic heterocycles. The van der Waals surface area contributed by atoms with Gasteiger partial charge in [0.1, 0.15) is 5.82 Å². The van der Waals surface area contributed by atoms with Crippen LogP contribution < -0.4 is 5.32 Å². The van der Waals surface area contributed by atoms with E-state index in [0.717, 1.165) is 19.4 Å². The number of hydrogen-bond acceptors (Lipinski definition) is 5. The third kappa shape index (κ3) is 4.94. The molecule has 3 heterocycles. The van der Waals surface area contributed by atoms with Gasteiger partial charge in [0, 0.05) is 38.4 Å². The van der Waals surface area contributed by atoms with Crippen molar-refractivity contribution in [2.75, 3.05) is 44.8 Å². The Labute approximate surface area is 182 Å². The standard InChI is InChI=1S/C23H28ClN3O3/c1-16-4-6-17(7-5-16)21-18(3-2-10-30-21)14-25-22-20(24)13-19(15-26-22)23(28)27-8-11-29-12-9-27/h4-7,13,15,18,21H,2-3,8-12,14H2,1H3,(H,25,26). The van der Waals surface area contributed by atoms with E-state index < -0.39 is 0 Å². The van der Waals surface area contributed by atoms with Gasteiger partial charge in [0.05, 0.1) is 29.9 Å². The lowest BCUT2D eigenvalue weighted by molar-refractivity contribution is -0.0238. The molecule has 4 rings (SSSR count). The first-order valence-corrected chi connectivity index (χ1v) is 10.9. The lowest BCUT2D eigenvalue weighted by atomic mass is 9.89. The van der Waals surface area contributed by atoms with E-state index in [4.69, 9.17) is 21.1 Å². The molecule has 2 aliphatic rings. The van der Waals surface area contributed by atoms with Crippen molar-refractivity contribution in [1.82, 2.24) is 9.88 Å². The Morgan fingerprint density at radius 1 is 1.23 bits per heavy atom. The summed E-state index contributed by atoms with van der Waals surface area (Å²) in [5.41, 5.74) is 2.95. The van der Waals surface area contributed by atoms with Crippen LogP contribution in [0.5, 0.6) is 0 Å². The number of amides is 1. The van der Waals surface area contributed by atoms with Gasteiger partial charge >= 0.3 is 0 Å². The van der Waals surface area contributed by atoms with Crippen molar-refractivity contribution in [2.45, 2.75) is 25.9 Å². The number of aryl methyl sites for hydroxylation is 1. The normalized spacial score (nSPS) is 22.0. The number of carbonyl (C=O) groups is 1. The molecule has 160 valence electrons. The van der Waals surface area contributed by atoms with E-state index >= 15 is 0 Å². The smallest absolute Gasteiger partial charge is 0.255 e. The molecule has 2 unspecified atom stereocenters. The van der Waals surface area contributed by atoms with Crippen LogP contribution in [0.3, 0.4) is 0 Å². The molecule has 2 atom stereocenters. The van der Waals surface area contributed by atoms with E-state index in [1.54, 1.807) is 17.2 Å². The highest BCUT2D eigenvalue weighted by molar-refractivity contribution is 6.33. The zero-order chi connectivity index (χ0) is 20.9. The minimum absolute atomic E-state index is 0.0561. The quantitative estimate of drug-likeness (QED) is 0.775. The van der Waals surface area contributed by atoms with E-state index in [9.17, 15) is 4.79 Å². The SMILES string of the molecule is Cc1ccc(C2OCCCC2CNc2ncc(C(=O)N3CCOCC3)cc2Cl)cc1. The number of rotatable bonds is 5. The Balaban J connectivity index is 1.41. The fourth-order valence-corrected chi connectivity index (χ4v) is 4.27. The zero-order valence-electron chi connectivity index (χ0n) is 17.3. The minimum atomic E-state index is -0.0561. The molecule has 6 nitrogen and oxygen atoms in total. The second kappa shape index (κ2) is 9.77. The third-order valence-electron chi connectivity index (χ3n) is 5.77. The van der Waals surface area contributed by atoms with Gasteiger partial charge in [-0.05, 0) is 31.4 Å². The number of hydrogen-bond donors (Lipinski definition) is 1. The molecule has 7 heteroatoms. The van der Waals surface area contributed by atoms with Gasteiger partial charge in [-0.1, -0.05) is 41.4 Å². The first kappa shape index (κ1) is 21.1. The maximum Gasteiger partial charge on any atom is 0.255 e. The number of aromatic nitrogens is 1. The third-order valence-corrected chi connectivity index (χ3v) is 6.06. The lowest BCUT2D eigenvalue weighted by Gasteiger charge is -2.32. The summed E-state index contributed by atoms with van der Waals surface area (Å²) in [6, 6.07) is 10.2. The summed E-state index contributed by atoms with van der Waals surface area (Å²) in [6.45, 7) is 5.91. The van der Waals surface area contributed by atoms with Crippen LogP contribution in [0, 0.1) is 12.8 Å². The number of carbonyl (C=O) groups excluding carboxylic acids is 1. The van der Waals surface area contributed by atoms with E-state index in [-0.39, 0.29) is 12.0 Å². The molecule has 0 bridgehead atoms. The fraction of sp³-hybridized carbons (Fsp3) is 0.478. The average molecular weight is 430 g/mol. The summed E-state index contributed by atoms with van der Waals surface area (Å²) in [6.07, 6.45) is 3.79. The van der Waals surface area contributed by atoms with E-state index in [0.29, 0.717) is 55.2 Å². The van der Waals surface area contributed by atoms with Crippen LogP contribution in [0.25, 0.3) is 0 Å². The molecule has 2 aromatic rings. The predicted octanol–water partition coefficient (Wildman–Crippen LogP) is 4.10. The van der Waals surface area contributed by atoms with Crippen LogP contribution in [-0.4, -0.2) is 55.2 Å². The van der Waals surface area contributed by atoms with E-state index in [2.05, 4.69) is 41.5 Å². The largest absolute Gasteiger partial charge is 0.378 e. The van der Waals surface area contributed by atoms with E-state index in [1.807, 2.05) is 0 Å². The Kier molecular flexibility index (Phi) is 6.87. The second-order valence-corrected chi connectivity index (χ2v) is 8.35. The highest BCUT2D eigenvalue weighted by Gasteiger charge is 2.28. The molecule has 1 aromatic carbocycles. The number of pyridine rings is 1. The molecular weight excluding hydrogens is 402 g/mol. The highest BCUT2D eigenvalue weighted by atomic mass is 35.5. The van der Waals surface area contributed by atoms with Gasteiger partial charge in [-0.25, -0.2) is 4.98 Å². The van der Waals surface area contributed by atoms with Gasteiger partial charge in [0.15, 0.2) is 0 Å². The molecule has 0 spiro atoms. The molecule has 2 saturated heterocycles. The summed E-state index contributed by atoms with van der Waals surface area (Å²) in [7, 11) is 0. The monoisotopic (exact) mass is 429 g/mol. The second-order valence-electron chi connectivity index (χ2n) is 7.94. The van der Waals surface area contributed by atoms with Gasteiger partial charge in [-0.15, -0.1) is 0 Å². The maximum absolute atomic E-state index is 12.6. The van der Waals surface area contributed by atoms with Crippen molar-refractivity contribution in [2.24, 2.45) is 5.92 Å². The molecule has 2 fully saturated rings. The van der Waals surface area contributed by atoms with Crippen molar-refractivity contribution >= 4 is 23.3 Å². The van der Waals surface area contributed by atoms with Crippen LogP contribution in [-0.2, 0) is 9.47 Å². The fourth-order valence-electron chi connectivity index (χ4n) is 4.04. The summed E-state index contributed by atoms with van der Waals surface area (Å²) in [4.78, 5) is 18.8. The van der Waals surface area contributed by atoms with Gasteiger partial charge in [0.2, 0.25) is 0 Å². The van der Waals surface area contributed by atoms with Crippen LogP contribution in [0.1, 0.15) is 40.4 Å². The summed E-state index contributed by atoms with van der Waals surface area (Å²) < 4.78 is 11.4. The molecule has 0 aliphatic carbocycles. The molecular formula is C23H28ClN3O3. The Hall–Kier alpha value is -2.15. The zero-order valence-corrected chi connectivity index (χ0v) is 18.0. The summed E-state index contributed by atoms with van der Waals surface area (Å²) >= 11 is 6.45. The van der Waals surface area contributed by atoms with Crippen molar-refractivity contribution in [3.05, 3.63) is 58.2 Å². The van der Waals surface area contributed by atoms with Crippen LogP contribution in [0.4, 0.5) is 5.82 Å². The first-order valence-electron chi connectivity index (χ1n) is 10.6. The number of nitrogens with one attached hydrogen (secondary N) is 1. The van der Waals surface area contributed by atoms with Crippen molar-refractivity contribution in [1.29, 1.82) is 0 Å². The maximum atomic E-state index is 12.6. The Bertz CT molecular complexity index is 868. The van der Waals surface area contributed by atoms with Gasteiger partial charge in [-0.2, -0.15) is 0 Å². The molecule has 0 saturated carbocycles. The van der Waals surface area contributed by atoms with Gasteiger partial charge in [-0.3, -0.25) is 4.79 Å². The molecule has 2 aliphatic heterocycles.